The zero-order valence-corrected chi connectivity index (χ0v) is 15.7. The van der Waals surface area contributed by atoms with Crippen LogP contribution in [0, 0.1) is 10.1 Å². The third-order valence-corrected chi connectivity index (χ3v) is 4.14. The fraction of sp³-hybridized carbons (Fsp3) is 0.300. The zero-order chi connectivity index (χ0) is 19.6. The highest BCUT2D eigenvalue weighted by atomic mass is 16.6. The van der Waals surface area contributed by atoms with Gasteiger partial charge in [0.1, 0.15) is 5.75 Å². The Morgan fingerprint density at radius 2 is 1.85 bits per heavy atom. The lowest BCUT2D eigenvalue weighted by atomic mass is 9.87. The van der Waals surface area contributed by atoms with Crippen LogP contribution in [0.1, 0.15) is 45.3 Å². The molecule has 140 valence electrons. The summed E-state index contributed by atoms with van der Waals surface area (Å²) in [5.74, 6) is 1.29. The van der Waals surface area contributed by atoms with Crippen LogP contribution in [0.3, 0.4) is 0 Å². The molecule has 0 amide bonds. The second kappa shape index (κ2) is 7.19. The molecule has 3 aromatic rings. The van der Waals surface area contributed by atoms with Gasteiger partial charge in [-0.3, -0.25) is 10.1 Å². The van der Waals surface area contributed by atoms with E-state index in [4.69, 9.17) is 9.26 Å². The molecule has 0 radical (unpaired) electrons. The summed E-state index contributed by atoms with van der Waals surface area (Å²) in [5, 5.41) is 14.8. The van der Waals surface area contributed by atoms with Gasteiger partial charge < -0.3 is 9.26 Å². The molecule has 2 aromatic carbocycles. The number of hydrogen-bond acceptors (Lipinski definition) is 6. The Morgan fingerprint density at radius 1 is 1.15 bits per heavy atom. The van der Waals surface area contributed by atoms with Crippen LogP contribution >= 0.6 is 0 Å². The predicted octanol–water partition coefficient (Wildman–Crippen LogP) is 5.08. The van der Waals surface area contributed by atoms with Crippen LogP contribution in [0.4, 0.5) is 5.69 Å². The van der Waals surface area contributed by atoms with E-state index in [1.165, 1.54) is 17.7 Å². The summed E-state index contributed by atoms with van der Waals surface area (Å²) in [6, 6.07) is 14.0. The second-order valence-electron chi connectivity index (χ2n) is 7.30. The molecule has 0 aliphatic carbocycles. The van der Waals surface area contributed by atoms with Crippen molar-refractivity contribution < 1.29 is 14.2 Å². The van der Waals surface area contributed by atoms with Crippen molar-refractivity contribution in [3.63, 3.8) is 0 Å². The van der Waals surface area contributed by atoms with E-state index in [-0.39, 0.29) is 16.9 Å². The summed E-state index contributed by atoms with van der Waals surface area (Å²) in [7, 11) is 0. The molecule has 0 spiro atoms. The van der Waals surface area contributed by atoms with E-state index in [0.29, 0.717) is 17.2 Å². The summed E-state index contributed by atoms with van der Waals surface area (Å²) >= 11 is 0. The van der Waals surface area contributed by atoms with Crippen LogP contribution in [0.5, 0.6) is 5.75 Å². The molecular formula is C20H21N3O4. The maximum atomic E-state index is 10.9. The largest absolute Gasteiger partial charge is 0.481 e. The first-order valence-electron chi connectivity index (χ1n) is 8.59. The van der Waals surface area contributed by atoms with Gasteiger partial charge in [0.25, 0.3) is 11.6 Å². The van der Waals surface area contributed by atoms with Crippen molar-refractivity contribution in [2.24, 2.45) is 0 Å². The molecule has 0 bridgehead atoms. The summed E-state index contributed by atoms with van der Waals surface area (Å²) in [5.41, 5.74) is 1.78. The zero-order valence-electron chi connectivity index (χ0n) is 15.7. The van der Waals surface area contributed by atoms with Gasteiger partial charge >= 0.3 is 0 Å². The van der Waals surface area contributed by atoms with Gasteiger partial charge in [0.05, 0.1) is 4.92 Å². The Balaban J connectivity index is 1.74. The van der Waals surface area contributed by atoms with Crippen LogP contribution in [-0.2, 0) is 5.41 Å². The first-order valence-corrected chi connectivity index (χ1v) is 8.59. The first-order chi connectivity index (χ1) is 12.7. The smallest absolute Gasteiger partial charge is 0.270 e. The van der Waals surface area contributed by atoms with E-state index in [0.717, 1.165) is 0 Å². The van der Waals surface area contributed by atoms with E-state index in [1.54, 1.807) is 12.1 Å². The molecule has 0 saturated carbocycles. The number of benzene rings is 2. The molecule has 1 unspecified atom stereocenters. The van der Waals surface area contributed by atoms with Crippen molar-refractivity contribution in [3.05, 3.63) is 70.1 Å². The predicted molar refractivity (Wildman–Crippen MR) is 101 cm³/mol. The molecule has 27 heavy (non-hydrogen) atoms. The first kappa shape index (κ1) is 18.6. The monoisotopic (exact) mass is 367 g/mol. The maximum absolute atomic E-state index is 10.9. The van der Waals surface area contributed by atoms with Crippen LogP contribution in [0.15, 0.2) is 53.1 Å². The molecule has 1 atom stereocenters. The standard InChI is InChI=1S/C20H21N3O4/c1-13(26-17-10-8-15(9-11-17)20(2,3)4)19-21-18(22-27-19)14-6-5-7-16(12-14)23(24)25/h5-13H,1-4H3. The number of non-ortho nitro benzene ring substituents is 1. The summed E-state index contributed by atoms with van der Waals surface area (Å²) < 4.78 is 11.2. The summed E-state index contributed by atoms with van der Waals surface area (Å²) in [6.07, 6.45) is -0.453. The molecule has 1 aromatic heterocycles. The number of ether oxygens (including phenoxy) is 1. The lowest BCUT2D eigenvalue weighted by Gasteiger charge is -2.19. The molecule has 0 aliphatic heterocycles. The highest BCUT2D eigenvalue weighted by Crippen LogP contribution is 2.28. The van der Waals surface area contributed by atoms with Crippen molar-refractivity contribution in [2.45, 2.75) is 39.2 Å². The third-order valence-electron chi connectivity index (χ3n) is 4.14. The topological polar surface area (TPSA) is 91.3 Å². The average molecular weight is 367 g/mol. The van der Waals surface area contributed by atoms with Gasteiger partial charge in [-0.05, 0) is 30.0 Å². The number of nitrogens with zero attached hydrogens (tertiary/aromatic N) is 3. The number of aromatic nitrogens is 2. The van der Waals surface area contributed by atoms with Crippen molar-refractivity contribution in [2.75, 3.05) is 0 Å². The quantitative estimate of drug-likeness (QED) is 0.461. The van der Waals surface area contributed by atoms with Gasteiger partial charge in [-0.2, -0.15) is 4.98 Å². The fourth-order valence-corrected chi connectivity index (χ4v) is 2.56. The Hall–Kier alpha value is -3.22. The second-order valence-corrected chi connectivity index (χ2v) is 7.30. The Labute approximate surface area is 157 Å². The molecule has 0 aliphatic rings. The molecule has 0 fully saturated rings. The van der Waals surface area contributed by atoms with Crippen molar-refractivity contribution in [1.29, 1.82) is 0 Å². The lowest BCUT2D eigenvalue weighted by molar-refractivity contribution is -0.384. The van der Waals surface area contributed by atoms with Crippen LogP contribution in [0.2, 0.25) is 0 Å². The summed E-state index contributed by atoms with van der Waals surface area (Å²) in [6.45, 7) is 8.26. The molecule has 7 heteroatoms. The molecule has 7 nitrogen and oxygen atoms in total. The fourth-order valence-electron chi connectivity index (χ4n) is 2.56. The Kier molecular flexibility index (Phi) is 4.94. The SMILES string of the molecule is CC(Oc1ccc(C(C)(C)C)cc1)c1nc(-c2cccc([N+](=O)[O-])c2)no1. The van der Waals surface area contributed by atoms with E-state index < -0.39 is 11.0 Å². The van der Waals surface area contributed by atoms with Crippen molar-refractivity contribution in [3.8, 4) is 17.1 Å². The third kappa shape index (κ3) is 4.31. The van der Waals surface area contributed by atoms with E-state index >= 15 is 0 Å². The molecule has 0 N–H and O–H groups in total. The highest BCUT2D eigenvalue weighted by Gasteiger charge is 2.19. The lowest BCUT2D eigenvalue weighted by Crippen LogP contribution is -2.10. The van der Waals surface area contributed by atoms with E-state index in [1.807, 2.05) is 31.2 Å². The van der Waals surface area contributed by atoms with Gasteiger partial charge in [-0.25, -0.2) is 0 Å². The van der Waals surface area contributed by atoms with Crippen LogP contribution in [0.25, 0.3) is 11.4 Å². The minimum atomic E-state index is -0.461. The molecule has 0 saturated heterocycles. The van der Waals surface area contributed by atoms with Crippen molar-refractivity contribution in [1.82, 2.24) is 10.1 Å². The van der Waals surface area contributed by atoms with Crippen LogP contribution in [-0.4, -0.2) is 15.1 Å². The van der Waals surface area contributed by atoms with Gasteiger partial charge in [0, 0.05) is 17.7 Å². The summed E-state index contributed by atoms with van der Waals surface area (Å²) in [4.78, 5) is 14.8. The van der Waals surface area contributed by atoms with E-state index in [2.05, 4.69) is 30.9 Å². The molecular weight excluding hydrogens is 346 g/mol. The highest BCUT2D eigenvalue weighted by molar-refractivity contribution is 5.58. The normalized spacial score (nSPS) is 12.6. The number of nitro groups is 1. The number of rotatable bonds is 5. The minimum Gasteiger partial charge on any atom is -0.481 e. The number of nitro benzene ring substituents is 1. The average Bonchev–Trinajstić information content (AvgIpc) is 3.12. The number of hydrogen-bond donors (Lipinski definition) is 0. The van der Waals surface area contributed by atoms with Gasteiger partial charge in [0.15, 0.2) is 6.10 Å². The minimum absolute atomic E-state index is 0.0258. The van der Waals surface area contributed by atoms with Crippen molar-refractivity contribution >= 4 is 5.69 Å². The van der Waals surface area contributed by atoms with E-state index in [9.17, 15) is 10.1 Å². The van der Waals surface area contributed by atoms with Gasteiger partial charge in [-0.1, -0.05) is 50.2 Å². The Bertz CT molecular complexity index is 942. The molecule has 1 heterocycles. The van der Waals surface area contributed by atoms with Gasteiger partial charge in [-0.15, -0.1) is 0 Å². The van der Waals surface area contributed by atoms with Gasteiger partial charge in [0.2, 0.25) is 5.82 Å². The molecule has 3 rings (SSSR count). The van der Waals surface area contributed by atoms with Crippen LogP contribution < -0.4 is 4.74 Å². The maximum Gasteiger partial charge on any atom is 0.270 e. The Morgan fingerprint density at radius 3 is 2.48 bits per heavy atom.